The van der Waals surface area contributed by atoms with E-state index >= 15 is 0 Å². The number of ether oxygens (including phenoxy) is 4. The Labute approximate surface area is 127 Å². The van der Waals surface area contributed by atoms with Gasteiger partial charge in [-0.15, -0.1) is 6.58 Å². The molecule has 2 aliphatic heterocycles. The van der Waals surface area contributed by atoms with Gasteiger partial charge in [0.15, 0.2) is 5.79 Å². The summed E-state index contributed by atoms with van der Waals surface area (Å²) in [5, 5.41) is 0. The Hall–Kier alpha value is -0.910. The van der Waals surface area contributed by atoms with Gasteiger partial charge in [-0.25, -0.2) is 0 Å². The molecule has 0 amide bonds. The highest BCUT2D eigenvalue weighted by atomic mass is 16.7. The fourth-order valence-electron chi connectivity index (χ4n) is 4.22. The average molecular weight is 288 g/mol. The predicted molar refractivity (Wildman–Crippen MR) is 70.9 cm³/mol. The fourth-order valence-corrected chi connectivity index (χ4v) is 4.22. The third-order valence-electron chi connectivity index (χ3n) is 4.96. The Bertz CT molecular complexity index is 617. The molecule has 5 atom stereocenters. The van der Waals surface area contributed by atoms with Crippen molar-refractivity contribution in [3.63, 3.8) is 0 Å². The molecule has 0 bridgehead atoms. The summed E-state index contributed by atoms with van der Waals surface area (Å²) in [6.07, 6.45) is 0.736. The van der Waals surface area contributed by atoms with Gasteiger partial charge in [0.2, 0.25) is 0 Å². The molecule has 0 aromatic carbocycles. The molecule has 0 radical (unpaired) electrons. The Morgan fingerprint density at radius 3 is 2.80 bits per heavy atom. The zero-order valence-electron chi connectivity index (χ0n) is 17.5. The maximum absolute atomic E-state index is 12.7. The lowest BCUT2D eigenvalue weighted by atomic mass is 9.43. The van der Waals surface area contributed by atoms with E-state index in [2.05, 4.69) is 6.58 Å². The van der Waals surface area contributed by atoms with E-state index in [9.17, 15) is 4.79 Å². The van der Waals surface area contributed by atoms with Crippen LogP contribution < -0.4 is 0 Å². The molecule has 3 fully saturated rings. The van der Waals surface area contributed by atoms with Crippen molar-refractivity contribution >= 4 is 5.97 Å². The summed E-state index contributed by atoms with van der Waals surface area (Å²) in [7, 11) is 2.47. The van der Waals surface area contributed by atoms with Crippen LogP contribution in [0.1, 0.15) is 28.3 Å². The number of methoxy groups -OCH3 is 2. The number of hydrogen-bond donors (Lipinski definition) is 0. The molecule has 3 aliphatic rings. The largest absolute Gasteiger partial charge is 0.469 e. The van der Waals surface area contributed by atoms with Crippen LogP contribution in [-0.4, -0.2) is 44.3 Å². The minimum absolute atomic E-state index is 0.133. The molecule has 112 valence electrons. The Kier molecular flexibility index (Phi) is 1.73. The first-order valence-electron chi connectivity index (χ1n) is 9.49. The van der Waals surface area contributed by atoms with E-state index in [1.54, 1.807) is 0 Å². The molecule has 2 saturated heterocycles. The predicted octanol–water partition coefficient (Wildman–Crippen LogP) is 1.52. The molecule has 0 N–H and O–H groups in total. The quantitative estimate of drug-likeness (QED) is 0.582. The SMILES string of the molecule is [2H]C([2H])([2H])C1(C([2H])([2H])[2H])OC2CCO[C@@]3(OC)[C@H](C(=O)OC)[C@]1(C=C)[C@@H]23. The topological polar surface area (TPSA) is 54.0 Å². The highest BCUT2D eigenvalue weighted by Crippen LogP contribution is 2.73. The van der Waals surface area contributed by atoms with Gasteiger partial charge in [0.25, 0.3) is 0 Å². The van der Waals surface area contributed by atoms with Crippen molar-refractivity contribution in [2.45, 2.75) is 37.6 Å². The van der Waals surface area contributed by atoms with Crippen molar-refractivity contribution < 1.29 is 32.0 Å². The lowest BCUT2D eigenvalue weighted by molar-refractivity contribution is -0.385. The summed E-state index contributed by atoms with van der Waals surface area (Å²) in [5.74, 6) is -4.48. The number of carbonyl (C=O) groups is 1. The maximum Gasteiger partial charge on any atom is 0.315 e. The van der Waals surface area contributed by atoms with Crippen LogP contribution in [0.25, 0.3) is 0 Å². The second kappa shape index (κ2) is 4.06. The fraction of sp³-hybridized carbons (Fsp3) is 0.800. The van der Waals surface area contributed by atoms with Gasteiger partial charge in [0.1, 0.15) is 5.92 Å². The van der Waals surface area contributed by atoms with Gasteiger partial charge in [-0.05, 0) is 20.1 Å². The van der Waals surface area contributed by atoms with Crippen molar-refractivity contribution in [1.29, 1.82) is 0 Å². The summed E-state index contributed by atoms with van der Waals surface area (Å²) in [6.45, 7) is -2.29. The van der Waals surface area contributed by atoms with Crippen molar-refractivity contribution in [1.82, 2.24) is 0 Å². The first-order chi connectivity index (χ1) is 11.9. The summed E-state index contributed by atoms with van der Waals surface area (Å²) in [5.41, 5.74) is -4.38. The van der Waals surface area contributed by atoms with Gasteiger partial charge in [-0.1, -0.05) is 6.08 Å². The minimum atomic E-state index is -3.06. The zero-order valence-corrected chi connectivity index (χ0v) is 11.5. The molecule has 20 heavy (non-hydrogen) atoms. The van der Waals surface area contributed by atoms with Crippen LogP contribution in [0.5, 0.6) is 0 Å². The number of esters is 1. The molecule has 0 aromatic rings. The molecule has 2 heterocycles. The van der Waals surface area contributed by atoms with Crippen LogP contribution in [0.2, 0.25) is 0 Å². The van der Waals surface area contributed by atoms with Gasteiger partial charge in [0, 0.05) is 20.7 Å². The van der Waals surface area contributed by atoms with E-state index in [0.717, 1.165) is 7.11 Å². The van der Waals surface area contributed by atoms with E-state index in [4.69, 9.17) is 27.2 Å². The summed E-state index contributed by atoms with van der Waals surface area (Å²) < 4.78 is 70.2. The molecule has 1 unspecified atom stereocenters. The van der Waals surface area contributed by atoms with Crippen LogP contribution in [0, 0.1) is 17.3 Å². The van der Waals surface area contributed by atoms with Gasteiger partial charge < -0.3 is 18.9 Å². The van der Waals surface area contributed by atoms with Crippen LogP contribution in [-0.2, 0) is 23.7 Å². The van der Waals surface area contributed by atoms with Crippen LogP contribution in [0.3, 0.4) is 0 Å². The highest BCUT2D eigenvalue weighted by Gasteiger charge is 2.85. The van der Waals surface area contributed by atoms with Crippen LogP contribution in [0.15, 0.2) is 12.7 Å². The highest BCUT2D eigenvalue weighted by molar-refractivity contribution is 5.78. The van der Waals surface area contributed by atoms with Crippen molar-refractivity contribution in [3.8, 4) is 0 Å². The lowest BCUT2D eigenvalue weighted by Gasteiger charge is -2.65. The van der Waals surface area contributed by atoms with Gasteiger partial charge in [-0.3, -0.25) is 4.79 Å². The molecule has 0 spiro atoms. The summed E-state index contributed by atoms with van der Waals surface area (Å²) in [6, 6.07) is 0. The lowest BCUT2D eigenvalue weighted by Crippen LogP contribution is -2.77. The Balaban J connectivity index is 2.34. The maximum atomic E-state index is 12.7. The van der Waals surface area contributed by atoms with Gasteiger partial charge >= 0.3 is 5.97 Å². The Morgan fingerprint density at radius 1 is 1.50 bits per heavy atom. The smallest absolute Gasteiger partial charge is 0.315 e. The molecule has 1 saturated carbocycles. The third-order valence-corrected chi connectivity index (χ3v) is 4.96. The van der Waals surface area contributed by atoms with E-state index in [1.165, 1.54) is 13.2 Å². The van der Waals surface area contributed by atoms with E-state index in [0.29, 0.717) is 0 Å². The second-order valence-electron chi connectivity index (χ2n) is 5.47. The van der Waals surface area contributed by atoms with Crippen molar-refractivity contribution in [2.24, 2.45) is 17.3 Å². The van der Waals surface area contributed by atoms with Gasteiger partial charge in [-0.2, -0.15) is 0 Å². The standard InChI is InChI=1S/C15H22O5/c1-6-14-10-9(20-13(14,2)3)7-8-19-15(10,18-5)11(14)12(16)17-4/h6,9-11H,1,7-8H2,2-5H3/t9?,10-,11-,14+,15-/m1/s1/i2D3,3D3. The second-order valence-corrected chi connectivity index (χ2v) is 5.47. The molecular formula is C15H22O5. The summed E-state index contributed by atoms with van der Waals surface area (Å²) in [4.78, 5) is 12.7. The number of hydrogen-bond acceptors (Lipinski definition) is 5. The monoisotopic (exact) mass is 288 g/mol. The zero-order chi connectivity index (χ0) is 19.8. The van der Waals surface area contributed by atoms with Crippen molar-refractivity contribution in [2.75, 3.05) is 20.8 Å². The molecule has 1 aliphatic carbocycles. The van der Waals surface area contributed by atoms with Gasteiger partial charge in [0.05, 0.1) is 31.3 Å². The molecule has 5 heteroatoms. The van der Waals surface area contributed by atoms with E-state index < -0.39 is 54.4 Å². The summed E-state index contributed by atoms with van der Waals surface area (Å²) >= 11 is 0. The number of carbonyl (C=O) groups excluding carboxylic acids is 1. The van der Waals surface area contributed by atoms with Crippen LogP contribution in [0.4, 0.5) is 0 Å². The van der Waals surface area contributed by atoms with Crippen molar-refractivity contribution in [3.05, 3.63) is 12.7 Å². The number of rotatable bonds is 3. The Morgan fingerprint density at radius 2 is 2.25 bits per heavy atom. The molecule has 3 rings (SSSR count). The van der Waals surface area contributed by atoms with E-state index in [1.807, 2.05) is 0 Å². The first-order valence-corrected chi connectivity index (χ1v) is 6.49. The normalized spacial score (nSPS) is 53.8. The minimum Gasteiger partial charge on any atom is -0.469 e. The van der Waals surface area contributed by atoms with Crippen LogP contribution >= 0.6 is 0 Å². The molecule has 5 nitrogen and oxygen atoms in total. The average Bonchev–Trinajstić information content (AvgIpc) is 2.84. The molecular weight excluding hydrogens is 260 g/mol. The third kappa shape index (κ3) is 1.23. The van der Waals surface area contributed by atoms with E-state index in [-0.39, 0.29) is 13.0 Å². The molecule has 0 aromatic heterocycles. The first kappa shape index (κ1) is 8.51.